The Bertz CT molecular complexity index is 783. The van der Waals surface area contributed by atoms with E-state index >= 15 is 0 Å². The van der Waals surface area contributed by atoms with Crippen molar-refractivity contribution in [3.63, 3.8) is 0 Å². The van der Waals surface area contributed by atoms with Gasteiger partial charge in [-0.3, -0.25) is 0 Å². The summed E-state index contributed by atoms with van der Waals surface area (Å²) in [6.45, 7) is 4.08. The molecule has 5 heteroatoms. The topological polar surface area (TPSA) is 79.1 Å². The molecule has 2 N–H and O–H groups in total. The van der Waals surface area contributed by atoms with E-state index in [1.165, 1.54) is 11.6 Å². The molecule has 0 saturated heterocycles. The van der Waals surface area contributed by atoms with Crippen LogP contribution in [-0.4, -0.2) is 21.2 Å². The lowest BCUT2D eigenvalue weighted by Crippen LogP contribution is -1.91. The van der Waals surface area contributed by atoms with Crippen LogP contribution in [0.5, 0.6) is 0 Å². The molecule has 0 aliphatic heterocycles. The molecule has 0 saturated carbocycles. The van der Waals surface area contributed by atoms with Gasteiger partial charge in [0.1, 0.15) is 5.69 Å². The maximum absolute atomic E-state index is 10.8. The molecule has 3 rings (SSSR count). The molecular formula is C14H12N2O3. The number of aromatic nitrogens is 2. The first-order valence-electron chi connectivity index (χ1n) is 5.85. The fraction of sp³-hybridized carbons (Fsp3) is 0.143. The minimum Gasteiger partial charge on any atom is -0.475 e. The summed E-state index contributed by atoms with van der Waals surface area (Å²) in [7, 11) is 0. The highest BCUT2D eigenvalue weighted by atomic mass is 16.5. The van der Waals surface area contributed by atoms with Gasteiger partial charge in [0, 0.05) is 28.2 Å². The first-order valence-corrected chi connectivity index (χ1v) is 5.85. The summed E-state index contributed by atoms with van der Waals surface area (Å²) >= 11 is 0. The molecule has 1 aromatic carbocycles. The Labute approximate surface area is 108 Å². The Morgan fingerprint density at radius 1 is 1.32 bits per heavy atom. The van der Waals surface area contributed by atoms with Crippen LogP contribution in [0, 0.1) is 13.8 Å². The van der Waals surface area contributed by atoms with E-state index < -0.39 is 5.97 Å². The smallest absolute Gasteiger partial charge is 0.374 e. The highest BCUT2D eigenvalue weighted by Gasteiger charge is 2.13. The van der Waals surface area contributed by atoms with Crippen molar-refractivity contribution < 1.29 is 14.4 Å². The van der Waals surface area contributed by atoms with Gasteiger partial charge in [-0.2, -0.15) is 0 Å². The lowest BCUT2D eigenvalue weighted by molar-refractivity contribution is 0.0652. The van der Waals surface area contributed by atoms with E-state index in [2.05, 4.69) is 17.1 Å². The predicted octanol–water partition coefficient (Wildman–Crippen LogP) is 3.14. The zero-order valence-corrected chi connectivity index (χ0v) is 10.5. The second kappa shape index (κ2) is 3.98. The zero-order chi connectivity index (χ0) is 13.6. The number of hydrogen-bond acceptors (Lipinski definition) is 3. The number of fused-ring (bicyclic) bond motifs is 1. The summed E-state index contributed by atoms with van der Waals surface area (Å²) in [6, 6.07) is 7.27. The maximum atomic E-state index is 10.8. The van der Waals surface area contributed by atoms with Crippen LogP contribution in [0.2, 0.25) is 0 Å². The SMILES string of the molecule is Cc1[nH]c2cc(-c3cc(C(=O)O)on3)ccc2c1C. The largest absolute Gasteiger partial charge is 0.475 e. The predicted molar refractivity (Wildman–Crippen MR) is 70.2 cm³/mol. The number of H-pyrrole nitrogens is 1. The number of carbonyl (C=O) groups is 1. The van der Waals surface area contributed by atoms with E-state index in [1.54, 1.807) is 0 Å². The lowest BCUT2D eigenvalue weighted by atomic mass is 10.1. The van der Waals surface area contributed by atoms with Crippen molar-refractivity contribution in [2.75, 3.05) is 0 Å². The molecule has 0 fully saturated rings. The Morgan fingerprint density at radius 3 is 2.79 bits per heavy atom. The number of aromatic amines is 1. The number of nitrogens with zero attached hydrogens (tertiary/aromatic N) is 1. The quantitative estimate of drug-likeness (QED) is 0.738. The lowest BCUT2D eigenvalue weighted by Gasteiger charge is -1.96. The Balaban J connectivity index is 2.12. The van der Waals surface area contributed by atoms with Crippen molar-refractivity contribution in [3.05, 3.63) is 41.3 Å². The van der Waals surface area contributed by atoms with Crippen LogP contribution in [0.25, 0.3) is 22.2 Å². The van der Waals surface area contributed by atoms with Gasteiger partial charge in [0.15, 0.2) is 0 Å². The Hall–Kier alpha value is -2.56. The number of carboxylic acid groups (broad SMARTS) is 1. The van der Waals surface area contributed by atoms with Crippen molar-refractivity contribution in [3.8, 4) is 11.3 Å². The molecule has 0 amide bonds. The van der Waals surface area contributed by atoms with Gasteiger partial charge >= 0.3 is 5.97 Å². The molecule has 2 heterocycles. The summed E-state index contributed by atoms with van der Waals surface area (Å²) < 4.78 is 4.76. The molecular weight excluding hydrogens is 244 g/mol. The fourth-order valence-electron chi connectivity index (χ4n) is 2.14. The summed E-state index contributed by atoms with van der Waals surface area (Å²) in [6.07, 6.45) is 0. The standard InChI is InChI=1S/C14H12N2O3/c1-7-8(2)15-12-5-9(3-4-10(7)12)11-6-13(14(17)18)19-16-11/h3-6,15H,1-2H3,(H,17,18). The van der Waals surface area contributed by atoms with Crippen molar-refractivity contribution in [2.24, 2.45) is 0 Å². The Kier molecular flexibility index (Phi) is 2.41. The molecule has 0 aliphatic rings. The van der Waals surface area contributed by atoms with Crippen LogP contribution in [0.1, 0.15) is 21.8 Å². The normalized spacial score (nSPS) is 11.1. The van der Waals surface area contributed by atoms with Gasteiger partial charge in [0.25, 0.3) is 0 Å². The first-order chi connectivity index (χ1) is 9.06. The highest BCUT2D eigenvalue weighted by Crippen LogP contribution is 2.27. The number of aryl methyl sites for hydroxylation is 2. The van der Waals surface area contributed by atoms with Crippen LogP contribution in [0.4, 0.5) is 0 Å². The number of hydrogen-bond donors (Lipinski definition) is 2. The second-order valence-corrected chi connectivity index (χ2v) is 4.52. The third-order valence-corrected chi connectivity index (χ3v) is 3.32. The van der Waals surface area contributed by atoms with Crippen molar-refractivity contribution >= 4 is 16.9 Å². The van der Waals surface area contributed by atoms with Gasteiger partial charge in [-0.15, -0.1) is 0 Å². The minimum atomic E-state index is -1.12. The molecule has 5 nitrogen and oxygen atoms in total. The van der Waals surface area contributed by atoms with Crippen LogP contribution in [0.15, 0.2) is 28.8 Å². The maximum Gasteiger partial charge on any atom is 0.374 e. The number of rotatable bonds is 2. The molecule has 0 spiro atoms. The minimum absolute atomic E-state index is 0.158. The van der Waals surface area contributed by atoms with Gasteiger partial charge in [0.05, 0.1) is 0 Å². The van der Waals surface area contributed by atoms with E-state index in [4.69, 9.17) is 9.63 Å². The van der Waals surface area contributed by atoms with Crippen molar-refractivity contribution in [2.45, 2.75) is 13.8 Å². The number of nitrogens with one attached hydrogen (secondary N) is 1. The molecule has 0 unspecified atom stereocenters. The van der Waals surface area contributed by atoms with Crippen LogP contribution < -0.4 is 0 Å². The third kappa shape index (κ3) is 1.79. The zero-order valence-electron chi connectivity index (χ0n) is 10.5. The van der Waals surface area contributed by atoms with Gasteiger partial charge in [-0.25, -0.2) is 4.79 Å². The molecule has 2 aromatic heterocycles. The van der Waals surface area contributed by atoms with Crippen LogP contribution in [0.3, 0.4) is 0 Å². The molecule has 0 radical (unpaired) electrons. The molecule has 3 aromatic rings. The van der Waals surface area contributed by atoms with E-state index in [0.29, 0.717) is 5.69 Å². The number of benzene rings is 1. The molecule has 0 aliphatic carbocycles. The van der Waals surface area contributed by atoms with E-state index in [-0.39, 0.29) is 5.76 Å². The fourth-order valence-corrected chi connectivity index (χ4v) is 2.14. The molecule has 0 bridgehead atoms. The molecule has 0 atom stereocenters. The monoisotopic (exact) mass is 256 g/mol. The van der Waals surface area contributed by atoms with Gasteiger partial charge in [0.2, 0.25) is 5.76 Å². The summed E-state index contributed by atoms with van der Waals surface area (Å²) in [5, 5.41) is 13.7. The molecule has 19 heavy (non-hydrogen) atoms. The second-order valence-electron chi connectivity index (χ2n) is 4.52. The average Bonchev–Trinajstić information content (AvgIpc) is 2.96. The van der Waals surface area contributed by atoms with Crippen LogP contribution >= 0.6 is 0 Å². The summed E-state index contributed by atoms with van der Waals surface area (Å²) in [5.74, 6) is -1.28. The summed E-state index contributed by atoms with van der Waals surface area (Å²) in [5.41, 5.74) is 4.69. The van der Waals surface area contributed by atoms with Gasteiger partial charge in [-0.1, -0.05) is 17.3 Å². The average molecular weight is 256 g/mol. The van der Waals surface area contributed by atoms with E-state index in [1.807, 2.05) is 25.1 Å². The number of carboxylic acids is 1. The highest BCUT2D eigenvalue weighted by molar-refractivity contribution is 5.89. The summed E-state index contributed by atoms with van der Waals surface area (Å²) in [4.78, 5) is 14.1. The first kappa shape index (κ1) is 11.5. The van der Waals surface area contributed by atoms with Gasteiger partial charge in [-0.05, 0) is 25.5 Å². The number of aromatic carboxylic acids is 1. The van der Waals surface area contributed by atoms with Crippen LogP contribution in [-0.2, 0) is 0 Å². The van der Waals surface area contributed by atoms with Crippen molar-refractivity contribution in [1.82, 2.24) is 10.1 Å². The van der Waals surface area contributed by atoms with E-state index in [0.717, 1.165) is 22.2 Å². The third-order valence-electron chi connectivity index (χ3n) is 3.32. The van der Waals surface area contributed by atoms with Gasteiger partial charge < -0.3 is 14.6 Å². The Morgan fingerprint density at radius 2 is 2.11 bits per heavy atom. The molecule has 96 valence electrons. The van der Waals surface area contributed by atoms with E-state index in [9.17, 15) is 4.79 Å². The van der Waals surface area contributed by atoms with Crippen molar-refractivity contribution in [1.29, 1.82) is 0 Å².